The molecule has 20 heavy (non-hydrogen) atoms. The second-order valence-electron chi connectivity index (χ2n) is 4.27. The average Bonchev–Trinajstić information content (AvgIpc) is 2.80. The van der Waals surface area contributed by atoms with E-state index in [0.717, 1.165) is 6.08 Å². The lowest BCUT2D eigenvalue weighted by Crippen LogP contribution is -2.13. The number of H-pyrrole nitrogens is 1. The van der Waals surface area contributed by atoms with Gasteiger partial charge in [0, 0.05) is 28.7 Å². The molecule has 0 atom stereocenters. The van der Waals surface area contributed by atoms with E-state index in [2.05, 4.69) is 4.98 Å². The van der Waals surface area contributed by atoms with Crippen LogP contribution in [0.15, 0.2) is 40.5 Å². The van der Waals surface area contributed by atoms with Crippen molar-refractivity contribution in [1.29, 1.82) is 0 Å². The lowest BCUT2D eigenvalue weighted by atomic mass is 9.95. The number of carbonyl (C=O) groups excluding carboxylic acids is 2. The van der Waals surface area contributed by atoms with Crippen LogP contribution in [0.25, 0.3) is 16.5 Å². The predicted octanol–water partition coefficient (Wildman–Crippen LogP) is 3.53. The molecule has 1 aromatic heterocycles. The smallest absolute Gasteiger partial charge is 0.206 e. The lowest BCUT2D eigenvalue weighted by molar-refractivity contribution is -0.113. The Morgan fingerprint density at radius 1 is 1.15 bits per heavy atom. The molecule has 0 radical (unpaired) electrons. The van der Waals surface area contributed by atoms with Gasteiger partial charge in [-0.1, -0.05) is 23.2 Å². The van der Waals surface area contributed by atoms with Crippen LogP contribution < -0.4 is 0 Å². The summed E-state index contributed by atoms with van der Waals surface area (Å²) in [6.45, 7) is 0. The molecule has 1 aliphatic rings. The molecule has 0 aliphatic heterocycles. The van der Waals surface area contributed by atoms with Gasteiger partial charge in [0.25, 0.3) is 0 Å². The van der Waals surface area contributed by atoms with E-state index in [9.17, 15) is 14.0 Å². The van der Waals surface area contributed by atoms with E-state index in [0.29, 0.717) is 16.5 Å². The van der Waals surface area contributed by atoms with Crippen molar-refractivity contribution in [2.24, 2.45) is 0 Å². The Balaban J connectivity index is 2.27. The van der Waals surface area contributed by atoms with Crippen LogP contribution in [0.2, 0.25) is 0 Å². The van der Waals surface area contributed by atoms with E-state index < -0.39 is 17.4 Å². The third-order valence-corrected chi connectivity index (χ3v) is 3.71. The first-order valence-corrected chi connectivity index (χ1v) is 6.37. The number of aromatic nitrogens is 1. The van der Waals surface area contributed by atoms with Gasteiger partial charge >= 0.3 is 0 Å². The number of nitrogens with one attached hydrogen (secondary N) is 1. The summed E-state index contributed by atoms with van der Waals surface area (Å²) < 4.78 is 13.2. The molecular formula is C14H6Cl2FNO2. The fraction of sp³-hybridized carbons (Fsp3) is 0. The molecule has 0 fully saturated rings. The monoisotopic (exact) mass is 309 g/mol. The normalized spacial score (nSPS) is 16.1. The van der Waals surface area contributed by atoms with Gasteiger partial charge in [-0.25, -0.2) is 4.39 Å². The van der Waals surface area contributed by atoms with Crippen LogP contribution in [0.5, 0.6) is 0 Å². The summed E-state index contributed by atoms with van der Waals surface area (Å²) in [7, 11) is 0. The number of Topliss-reactive ketones (excluding diaryl/α,β-unsaturated/α-hetero) is 1. The molecule has 0 amide bonds. The second kappa shape index (κ2) is 4.58. The van der Waals surface area contributed by atoms with Crippen molar-refractivity contribution < 1.29 is 14.0 Å². The number of ketones is 2. The number of rotatable bonds is 1. The summed E-state index contributed by atoms with van der Waals surface area (Å²) in [6, 6.07) is 4.07. The van der Waals surface area contributed by atoms with Gasteiger partial charge in [0.05, 0.1) is 15.6 Å². The molecule has 0 saturated heterocycles. The zero-order valence-corrected chi connectivity index (χ0v) is 11.3. The van der Waals surface area contributed by atoms with Gasteiger partial charge in [0.2, 0.25) is 5.78 Å². The quantitative estimate of drug-likeness (QED) is 0.819. The van der Waals surface area contributed by atoms with Crippen molar-refractivity contribution in [3.8, 4) is 0 Å². The van der Waals surface area contributed by atoms with Gasteiger partial charge in [0.1, 0.15) is 5.82 Å². The van der Waals surface area contributed by atoms with Crippen molar-refractivity contribution in [2.75, 3.05) is 0 Å². The van der Waals surface area contributed by atoms with Gasteiger partial charge in [-0.3, -0.25) is 9.59 Å². The zero-order valence-electron chi connectivity index (χ0n) is 9.84. The first kappa shape index (κ1) is 13.1. The first-order valence-electron chi connectivity index (χ1n) is 5.62. The van der Waals surface area contributed by atoms with E-state index in [4.69, 9.17) is 23.2 Å². The third kappa shape index (κ3) is 1.88. The molecular weight excluding hydrogens is 304 g/mol. The number of fused-ring (bicyclic) bond motifs is 1. The molecule has 0 spiro atoms. The second-order valence-corrected chi connectivity index (χ2v) is 5.05. The maximum atomic E-state index is 13.2. The van der Waals surface area contributed by atoms with Crippen LogP contribution in [0.4, 0.5) is 4.39 Å². The number of hydrogen-bond donors (Lipinski definition) is 1. The molecule has 1 N–H and O–H groups in total. The Kier molecular flexibility index (Phi) is 3.00. The Morgan fingerprint density at radius 3 is 2.65 bits per heavy atom. The molecule has 3 rings (SSSR count). The number of aromatic amines is 1. The Bertz CT molecular complexity index is 833. The van der Waals surface area contributed by atoms with Gasteiger partial charge in [0.15, 0.2) is 5.78 Å². The van der Waals surface area contributed by atoms with Crippen LogP contribution >= 0.6 is 23.2 Å². The summed E-state index contributed by atoms with van der Waals surface area (Å²) in [6.07, 6.45) is 2.49. The number of hydrogen-bond acceptors (Lipinski definition) is 2. The molecule has 6 heteroatoms. The summed E-state index contributed by atoms with van der Waals surface area (Å²) in [5.74, 6) is -1.46. The molecule has 0 saturated carbocycles. The number of allylic oxidation sites excluding steroid dienone is 4. The van der Waals surface area contributed by atoms with Gasteiger partial charge in [-0.05, 0) is 18.2 Å². The van der Waals surface area contributed by atoms with Crippen molar-refractivity contribution in [2.45, 2.75) is 0 Å². The molecule has 2 aromatic rings. The minimum Gasteiger partial charge on any atom is -0.360 e. The number of benzene rings is 1. The Hall–Kier alpha value is -1.91. The fourth-order valence-corrected chi connectivity index (χ4v) is 2.57. The summed E-state index contributed by atoms with van der Waals surface area (Å²) in [5, 5.41) is 0.211. The van der Waals surface area contributed by atoms with E-state index in [1.807, 2.05) is 0 Å². The summed E-state index contributed by atoms with van der Waals surface area (Å²) in [4.78, 5) is 26.6. The highest BCUT2D eigenvalue weighted by Crippen LogP contribution is 2.35. The van der Waals surface area contributed by atoms with Crippen LogP contribution in [-0.2, 0) is 9.59 Å². The van der Waals surface area contributed by atoms with Gasteiger partial charge < -0.3 is 4.98 Å². The Labute approximate surface area is 122 Å². The van der Waals surface area contributed by atoms with E-state index >= 15 is 0 Å². The van der Waals surface area contributed by atoms with E-state index in [-0.39, 0.29) is 15.6 Å². The fourth-order valence-electron chi connectivity index (χ4n) is 2.13. The standard InChI is InChI=1S/C14H6Cl2FNO2/c15-9-4-11(19)13(16)12(14(9)20)8-5-18-10-3-6(17)1-2-7(8)10/h1-5,18H. The van der Waals surface area contributed by atoms with E-state index in [1.165, 1.54) is 24.4 Å². The van der Waals surface area contributed by atoms with Crippen molar-refractivity contribution >= 4 is 51.2 Å². The van der Waals surface area contributed by atoms with Crippen LogP contribution in [0, 0.1) is 5.82 Å². The summed E-state index contributed by atoms with van der Waals surface area (Å²) >= 11 is 11.7. The van der Waals surface area contributed by atoms with Gasteiger partial charge in [-0.15, -0.1) is 0 Å². The molecule has 1 aliphatic carbocycles. The maximum Gasteiger partial charge on any atom is 0.206 e. The van der Waals surface area contributed by atoms with E-state index in [1.54, 1.807) is 0 Å². The number of halogens is 3. The Morgan fingerprint density at radius 2 is 1.90 bits per heavy atom. The van der Waals surface area contributed by atoms with Crippen LogP contribution in [-0.4, -0.2) is 16.6 Å². The minimum absolute atomic E-state index is 0.0297. The van der Waals surface area contributed by atoms with Crippen molar-refractivity contribution in [3.63, 3.8) is 0 Å². The highest BCUT2D eigenvalue weighted by atomic mass is 35.5. The van der Waals surface area contributed by atoms with Gasteiger partial charge in [-0.2, -0.15) is 0 Å². The molecule has 3 nitrogen and oxygen atoms in total. The molecule has 1 heterocycles. The number of carbonyl (C=O) groups is 2. The maximum absolute atomic E-state index is 13.2. The zero-order chi connectivity index (χ0) is 14.4. The van der Waals surface area contributed by atoms with Crippen LogP contribution in [0.3, 0.4) is 0 Å². The molecule has 100 valence electrons. The summed E-state index contributed by atoms with van der Waals surface area (Å²) in [5.41, 5.74) is 0.958. The molecule has 1 aromatic carbocycles. The van der Waals surface area contributed by atoms with Crippen molar-refractivity contribution in [3.05, 3.63) is 51.9 Å². The highest BCUT2D eigenvalue weighted by molar-refractivity contribution is 6.62. The van der Waals surface area contributed by atoms with Crippen molar-refractivity contribution in [1.82, 2.24) is 4.98 Å². The van der Waals surface area contributed by atoms with Crippen LogP contribution in [0.1, 0.15) is 5.56 Å². The molecule has 0 bridgehead atoms. The average molecular weight is 310 g/mol. The largest absolute Gasteiger partial charge is 0.360 e. The third-order valence-electron chi connectivity index (χ3n) is 3.05. The predicted molar refractivity (Wildman–Crippen MR) is 75.0 cm³/mol. The lowest BCUT2D eigenvalue weighted by Gasteiger charge is -2.11. The SMILES string of the molecule is O=C1C=C(Cl)C(=O)C(c2c[nH]c3cc(F)ccc23)=C1Cl. The topological polar surface area (TPSA) is 49.9 Å². The minimum atomic E-state index is -0.526. The first-order chi connectivity index (χ1) is 9.49. The molecule has 0 unspecified atom stereocenters. The highest BCUT2D eigenvalue weighted by Gasteiger charge is 2.29.